The maximum atomic E-state index is 12.5. The summed E-state index contributed by atoms with van der Waals surface area (Å²) in [5, 5.41) is 3.63. The number of nitrogens with one attached hydrogen (secondary N) is 1. The van der Waals surface area contributed by atoms with E-state index in [1.54, 1.807) is 0 Å². The van der Waals surface area contributed by atoms with Crippen molar-refractivity contribution in [3.05, 3.63) is 0 Å². The Morgan fingerprint density at radius 2 is 1.95 bits per heavy atom. The van der Waals surface area contributed by atoms with Gasteiger partial charge in [-0.2, -0.15) is 0 Å². The summed E-state index contributed by atoms with van der Waals surface area (Å²) < 4.78 is 25.0. The van der Waals surface area contributed by atoms with Gasteiger partial charge in [0, 0.05) is 12.6 Å². The van der Waals surface area contributed by atoms with Crippen molar-refractivity contribution in [2.75, 3.05) is 26.7 Å². The highest BCUT2D eigenvalue weighted by atomic mass is 19.3. The standard InChI is InChI=1S/C16H32F2N2/c1-4-6-13-7-8-15(19-9-5-2)14(10-13)11-20(3)12-16(17)18/h13-16,19H,4-12H2,1-3H3. The number of nitrogens with zero attached hydrogens (tertiary/aromatic N) is 1. The summed E-state index contributed by atoms with van der Waals surface area (Å²) in [4.78, 5) is 1.81. The Morgan fingerprint density at radius 3 is 2.55 bits per heavy atom. The van der Waals surface area contributed by atoms with E-state index in [2.05, 4.69) is 19.2 Å². The van der Waals surface area contributed by atoms with Gasteiger partial charge in [-0.1, -0.05) is 26.7 Å². The highest BCUT2D eigenvalue weighted by molar-refractivity contribution is 4.86. The minimum Gasteiger partial charge on any atom is -0.314 e. The number of hydrogen-bond donors (Lipinski definition) is 1. The van der Waals surface area contributed by atoms with Gasteiger partial charge >= 0.3 is 0 Å². The summed E-state index contributed by atoms with van der Waals surface area (Å²) >= 11 is 0. The quantitative estimate of drug-likeness (QED) is 0.695. The van der Waals surface area contributed by atoms with Gasteiger partial charge in [0.2, 0.25) is 0 Å². The van der Waals surface area contributed by atoms with Crippen LogP contribution in [0.1, 0.15) is 52.4 Å². The smallest absolute Gasteiger partial charge is 0.251 e. The second-order valence-corrected chi connectivity index (χ2v) is 6.40. The minimum atomic E-state index is -2.22. The van der Waals surface area contributed by atoms with Crippen molar-refractivity contribution in [2.24, 2.45) is 11.8 Å². The molecule has 0 aromatic heterocycles. The van der Waals surface area contributed by atoms with E-state index in [4.69, 9.17) is 0 Å². The van der Waals surface area contributed by atoms with E-state index in [1.807, 2.05) is 11.9 Å². The first-order chi connectivity index (χ1) is 9.56. The van der Waals surface area contributed by atoms with Crippen molar-refractivity contribution in [3.8, 4) is 0 Å². The summed E-state index contributed by atoms with van der Waals surface area (Å²) in [5.41, 5.74) is 0. The van der Waals surface area contributed by atoms with Crippen molar-refractivity contribution in [1.82, 2.24) is 10.2 Å². The van der Waals surface area contributed by atoms with Gasteiger partial charge in [0.25, 0.3) is 6.43 Å². The highest BCUT2D eigenvalue weighted by Crippen LogP contribution is 2.32. The van der Waals surface area contributed by atoms with Crippen LogP contribution in [-0.2, 0) is 0 Å². The summed E-state index contributed by atoms with van der Waals surface area (Å²) in [5.74, 6) is 1.32. The molecule has 1 saturated carbocycles. The molecule has 1 aliphatic carbocycles. The normalized spacial score (nSPS) is 27.4. The molecule has 0 amide bonds. The average molecular weight is 290 g/mol. The van der Waals surface area contributed by atoms with E-state index >= 15 is 0 Å². The monoisotopic (exact) mass is 290 g/mol. The van der Waals surface area contributed by atoms with Gasteiger partial charge in [-0.25, -0.2) is 8.78 Å². The van der Waals surface area contributed by atoms with Crippen LogP contribution in [0.5, 0.6) is 0 Å². The Labute approximate surface area is 123 Å². The van der Waals surface area contributed by atoms with Gasteiger partial charge in [-0.15, -0.1) is 0 Å². The summed E-state index contributed by atoms with van der Waals surface area (Å²) in [6, 6.07) is 0.517. The molecular weight excluding hydrogens is 258 g/mol. The largest absolute Gasteiger partial charge is 0.314 e. The molecule has 1 aliphatic rings. The maximum absolute atomic E-state index is 12.5. The fourth-order valence-electron chi connectivity index (χ4n) is 3.54. The van der Waals surface area contributed by atoms with Gasteiger partial charge in [0.05, 0.1) is 6.54 Å². The SMILES string of the molecule is CCCNC1CCC(CCC)CC1CN(C)CC(F)F. The molecule has 0 radical (unpaired) electrons. The van der Waals surface area contributed by atoms with Crippen molar-refractivity contribution >= 4 is 0 Å². The molecule has 1 rings (SSSR count). The van der Waals surface area contributed by atoms with Gasteiger partial charge in [-0.3, -0.25) is 0 Å². The molecule has 0 aliphatic heterocycles. The van der Waals surface area contributed by atoms with Crippen molar-refractivity contribution in [2.45, 2.75) is 64.8 Å². The first-order valence-corrected chi connectivity index (χ1v) is 8.26. The first kappa shape index (κ1) is 17.8. The molecule has 20 heavy (non-hydrogen) atoms. The maximum Gasteiger partial charge on any atom is 0.251 e. The van der Waals surface area contributed by atoms with E-state index in [0.29, 0.717) is 12.0 Å². The molecule has 3 unspecified atom stereocenters. The zero-order valence-corrected chi connectivity index (χ0v) is 13.4. The van der Waals surface area contributed by atoms with E-state index in [9.17, 15) is 8.78 Å². The average Bonchev–Trinajstić information content (AvgIpc) is 2.37. The molecule has 3 atom stereocenters. The molecule has 120 valence electrons. The Kier molecular flexibility index (Phi) is 8.62. The zero-order valence-electron chi connectivity index (χ0n) is 13.4. The number of rotatable bonds is 9. The third-order valence-corrected chi connectivity index (χ3v) is 4.44. The van der Waals surface area contributed by atoms with E-state index in [1.165, 1.54) is 32.1 Å². The van der Waals surface area contributed by atoms with E-state index in [0.717, 1.165) is 25.4 Å². The fourth-order valence-corrected chi connectivity index (χ4v) is 3.54. The van der Waals surface area contributed by atoms with Gasteiger partial charge in [0.1, 0.15) is 0 Å². The topological polar surface area (TPSA) is 15.3 Å². The summed E-state index contributed by atoms with van der Waals surface area (Å²) in [6.07, 6.45) is 5.13. The predicted octanol–water partition coefficient (Wildman–Crippen LogP) is 3.77. The van der Waals surface area contributed by atoms with Crippen molar-refractivity contribution in [3.63, 3.8) is 0 Å². The predicted molar refractivity (Wildman–Crippen MR) is 81.3 cm³/mol. The Balaban J connectivity index is 2.51. The van der Waals surface area contributed by atoms with E-state index in [-0.39, 0.29) is 6.54 Å². The number of halogens is 2. The molecule has 1 N–H and O–H groups in total. The molecule has 0 spiro atoms. The Hall–Kier alpha value is -0.220. The minimum absolute atomic E-state index is 0.102. The van der Waals surface area contributed by atoms with Gasteiger partial charge in [-0.05, 0) is 51.1 Å². The van der Waals surface area contributed by atoms with Crippen LogP contribution < -0.4 is 5.32 Å². The fraction of sp³-hybridized carbons (Fsp3) is 1.00. The van der Waals surface area contributed by atoms with Crippen LogP contribution in [0.25, 0.3) is 0 Å². The number of hydrogen-bond acceptors (Lipinski definition) is 2. The van der Waals surface area contributed by atoms with Crippen LogP contribution in [0, 0.1) is 11.8 Å². The van der Waals surface area contributed by atoms with Crippen LogP contribution in [0.3, 0.4) is 0 Å². The third kappa shape index (κ3) is 6.49. The van der Waals surface area contributed by atoms with Crippen molar-refractivity contribution < 1.29 is 8.78 Å². The molecular formula is C16H32F2N2. The molecule has 4 heteroatoms. The third-order valence-electron chi connectivity index (χ3n) is 4.44. The number of alkyl halides is 2. The molecule has 2 nitrogen and oxygen atoms in total. The van der Waals surface area contributed by atoms with Crippen LogP contribution >= 0.6 is 0 Å². The lowest BCUT2D eigenvalue weighted by Crippen LogP contribution is -2.46. The molecule has 0 aromatic rings. The van der Waals surface area contributed by atoms with Gasteiger partial charge in [0.15, 0.2) is 0 Å². The summed E-state index contributed by atoms with van der Waals surface area (Å²) in [6.45, 7) is 6.15. The van der Waals surface area contributed by atoms with Crippen LogP contribution in [0.15, 0.2) is 0 Å². The second-order valence-electron chi connectivity index (χ2n) is 6.40. The molecule has 0 saturated heterocycles. The molecule has 0 heterocycles. The lowest BCUT2D eigenvalue weighted by Gasteiger charge is -2.38. The van der Waals surface area contributed by atoms with Crippen LogP contribution in [0.2, 0.25) is 0 Å². The second kappa shape index (κ2) is 9.67. The van der Waals surface area contributed by atoms with Crippen molar-refractivity contribution in [1.29, 1.82) is 0 Å². The Bertz CT molecular complexity index is 249. The van der Waals surface area contributed by atoms with E-state index < -0.39 is 6.43 Å². The zero-order chi connectivity index (χ0) is 15.0. The summed E-state index contributed by atoms with van der Waals surface area (Å²) in [7, 11) is 1.83. The lowest BCUT2D eigenvalue weighted by molar-refractivity contribution is 0.0777. The Morgan fingerprint density at radius 1 is 1.20 bits per heavy atom. The highest BCUT2D eigenvalue weighted by Gasteiger charge is 2.30. The van der Waals surface area contributed by atoms with Crippen LogP contribution in [0.4, 0.5) is 8.78 Å². The first-order valence-electron chi connectivity index (χ1n) is 8.26. The van der Waals surface area contributed by atoms with Crippen LogP contribution in [-0.4, -0.2) is 44.0 Å². The lowest BCUT2D eigenvalue weighted by atomic mass is 9.76. The molecule has 1 fully saturated rings. The molecule has 0 bridgehead atoms. The molecule has 0 aromatic carbocycles. The van der Waals surface area contributed by atoms with Gasteiger partial charge < -0.3 is 10.2 Å².